The van der Waals surface area contributed by atoms with E-state index in [0.29, 0.717) is 6.42 Å². The molecule has 1 amide bonds. The number of carbonyl (C=O) groups is 2. The summed E-state index contributed by atoms with van der Waals surface area (Å²) < 4.78 is 4.96. The molecule has 1 aromatic carbocycles. The van der Waals surface area contributed by atoms with Crippen LogP contribution in [0.5, 0.6) is 0 Å². The summed E-state index contributed by atoms with van der Waals surface area (Å²) in [6, 6.07) is 9.60. The maximum Gasteiger partial charge on any atom is 0.309 e. The molecule has 0 spiro atoms. The fourth-order valence-electron chi connectivity index (χ4n) is 3.61. The highest BCUT2D eigenvalue weighted by Gasteiger charge is 2.38. The molecule has 1 aliphatic carbocycles. The number of hydrazone groups is 1. The summed E-state index contributed by atoms with van der Waals surface area (Å²) in [6.07, 6.45) is 7.34. The van der Waals surface area contributed by atoms with Gasteiger partial charge in [0.2, 0.25) is 5.91 Å². The predicted molar refractivity (Wildman–Crippen MR) is 103 cm³/mol. The second-order valence-corrected chi connectivity index (χ2v) is 6.92. The van der Waals surface area contributed by atoms with Crippen molar-refractivity contribution in [2.75, 3.05) is 7.11 Å². The zero-order valence-electron chi connectivity index (χ0n) is 15.9. The molecule has 142 valence electrons. The Kier molecular flexibility index (Phi) is 8.32. The van der Waals surface area contributed by atoms with Crippen LogP contribution in [0, 0.1) is 11.8 Å². The number of nitrogens with zero attached hydrogens (tertiary/aromatic N) is 1. The third-order valence-electron chi connectivity index (χ3n) is 5.03. The van der Waals surface area contributed by atoms with Gasteiger partial charge in [0.15, 0.2) is 0 Å². The predicted octanol–water partition coefficient (Wildman–Crippen LogP) is 3.87. The van der Waals surface area contributed by atoms with Crippen molar-refractivity contribution >= 4 is 17.6 Å². The van der Waals surface area contributed by atoms with Crippen molar-refractivity contribution in [1.29, 1.82) is 0 Å². The molecule has 2 rings (SSSR count). The molecule has 1 N–H and O–H groups in total. The van der Waals surface area contributed by atoms with Gasteiger partial charge in [-0.05, 0) is 24.8 Å². The molecule has 0 aromatic heterocycles. The SMILES string of the molecule is CCCCCCC1C(=NNC(=O)Cc2ccccc2)CCC1C(=O)OC. The third-order valence-corrected chi connectivity index (χ3v) is 5.03. The Morgan fingerprint density at radius 2 is 1.96 bits per heavy atom. The van der Waals surface area contributed by atoms with Crippen molar-refractivity contribution in [3.8, 4) is 0 Å². The Morgan fingerprint density at radius 3 is 2.65 bits per heavy atom. The molecular formula is C21H30N2O3. The molecular weight excluding hydrogens is 328 g/mol. The lowest BCUT2D eigenvalue weighted by Crippen LogP contribution is -2.27. The number of esters is 1. The van der Waals surface area contributed by atoms with Crippen molar-refractivity contribution in [3.05, 3.63) is 35.9 Å². The molecule has 1 fully saturated rings. The number of rotatable bonds is 9. The van der Waals surface area contributed by atoms with E-state index in [9.17, 15) is 9.59 Å². The van der Waals surface area contributed by atoms with Gasteiger partial charge in [-0.15, -0.1) is 0 Å². The first-order valence-electron chi connectivity index (χ1n) is 9.62. The first-order chi connectivity index (χ1) is 12.7. The van der Waals surface area contributed by atoms with E-state index in [1.807, 2.05) is 30.3 Å². The average molecular weight is 358 g/mol. The summed E-state index contributed by atoms with van der Waals surface area (Å²) in [6.45, 7) is 2.18. The van der Waals surface area contributed by atoms with E-state index in [0.717, 1.165) is 43.4 Å². The minimum absolute atomic E-state index is 0.0799. The number of methoxy groups -OCH3 is 1. The van der Waals surface area contributed by atoms with E-state index >= 15 is 0 Å². The monoisotopic (exact) mass is 358 g/mol. The van der Waals surface area contributed by atoms with Crippen molar-refractivity contribution in [3.63, 3.8) is 0 Å². The Bertz CT molecular complexity index is 613. The first kappa shape index (κ1) is 20.1. The lowest BCUT2D eigenvalue weighted by molar-refractivity contribution is -0.146. The molecule has 1 aromatic rings. The van der Waals surface area contributed by atoms with Gasteiger partial charge in [0.05, 0.1) is 19.4 Å². The van der Waals surface area contributed by atoms with Gasteiger partial charge in [0.1, 0.15) is 0 Å². The van der Waals surface area contributed by atoms with Crippen LogP contribution in [0.3, 0.4) is 0 Å². The van der Waals surface area contributed by atoms with E-state index in [1.165, 1.54) is 20.0 Å². The highest BCUT2D eigenvalue weighted by Crippen LogP contribution is 2.34. The number of unbranched alkanes of at least 4 members (excludes halogenated alkanes) is 3. The number of ether oxygens (including phenoxy) is 1. The smallest absolute Gasteiger partial charge is 0.309 e. The number of carbonyl (C=O) groups excluding carboxylic acids is 2. The van der Waals surface area contributed by atoms with Crippen molar-refractivity contribution in [2.24, 2.45) is 16.9 Å². The molecule has 1 aliphatic rings. The van der Waals surface area contributed by atoms with Gasteiger partial charge >= 0.3 is 5.97 Å². The van der Waals surface area contributed by atoms with Gasteiger partial charge in [-0.2, -0.15) is 5.10 Å². The molecule has 5 nitrogen and oxygen atoms in total. The van der Waals surface area contributed by atoms with Crippen LogP contribution >= 0.6 is 0 Å². The standard InChI is InChI=1S/C21H30N2O3/c1-3-4-5-9-12-17-18(21(25)26-2)13-14-19(17)22-23-20(24)15-16-10-7-6-8-11-16/h6-8,10-11,17-18H,3-5,9,12-15H2,1-2H3,(H,23,24). The quantitative estimate of drug-likeness (QED) is 0.414. The van der Waals surface area contributed by atoms with Gasteiger partial charge in [0, 0.05) is 11.6 Å². The van der Waals surface area contributed by atoms with Crippen LogP contribution in [0.15, 0.2) is 35.4 Å². The second kappa shape index (κ2) is 10.7. The number of amides is 1. The topological polar surface area (TPSA) is 67.8 Å². The van der Waals surface area contributed by atoms with E-state index in [2.05, 4.69) is 17.5 Å². The van der Waals surface area contributed by atoms with Crippen molar-refractivity contribution in [2.45, 2.75) is 58.3 Å². The van der Waals surface area contributed by atoms with E-state index in [4.69, 9.17) is 4.74 Å². The van der Waals surface area contributed by atoms with Crippen LogP contribution in [0.2, 0.25) is 0 Å². The molecule has 2 unspecified atom stereocenters. The second-order valence-electron chi connectivity index (χ2n) is 6.92. The average Bonchev–Trinajstić information content (AvgIpc) is 3.06. The third kappa shape index (κ3) is 5.97. The molecule has 0 saturated heterocycles. The first-order valence-corrected chi connectivity index (χ1v) is 9.62. The van der Waals surface area contributed by atoms with Crippen molar-refractivity contribution < 1.29 is 14.3 Å². The van der Waals surface area contributed by atoms with Crippen LogP contribution < -0.4 is 5.43 Å². The Morgan fingerprint density at radius 1 is 1.19 bits per heavy atom. The summed E-state index contributed by atoms with van der Waals surface area (Å²) in [5, 5.41) is 4.38. The molecule has 5 heteroatoms. The lowest BCUT2D eigenvalue weighted by atomic mass is 9.89. The molecule has 0 radical (unpaired) electrons. The normalized spacial score (nSPS) is 20.9. The molecule has 0 heterocycles. The molecule has 1 saturated carbocycles. The van der Waals surface area contributed by atoms with Gasteiger partial charge in [-0.25, -0.2) is 5.43 Å². The Hall–Kier alpha value is -2.17. The lowest BCUT2D eigenvalue weighted by Gasteiger charge is -2.18. The number of benzene rings is 1. The van der Waals surface area contributed by atoms with Gasteiger partial charge < -0.3 is 4.74 Å². The number of hydrogen-bond acceptors (Lipinski definition) is 4. The molecule has 0 bridgehead atoms. The zero-order chi connectivity index (χ0) is 18.8. The summed E-state index contributed by atoms with van der Waals surface area (Å²) in [4.78, 5) is 24.2. The Balaban J connectivity index is 1.96. The molecule has 26 heavy (non-hydrogen) atoms. The van der Waals surface area contributed by atoms with E-state index < -0.39 is 0 Å². The highest BCUT2D eigenvalue weighted by molar-refractivity contribution is 5.94. The summed E-state index contributed by atoms with van der Waals surface area (Å²) in [7, 11) is 1.44. The largest absolute Gasteiger partial charge is 0.469 e. The molecule has 2 atom stereocenters. The van der Waals surface area contributed by atoms with Crippen LogP contribution in [0.25, 0.3) is 0 Å². The maximum atomic E-state index is 12.1. The van der Waals surface area contributed by atoms with E-state index in [1.54, 1.807) is 0 Å². The minimum Gasteiger partial charge on any atom is -0.469 e. The van der Waals surface area contributed by atoms with Gasteiger partial charge in [0.25, 0.3) is 0 Å². The highest BCUT2D eigenvalue weighted by atomic mass is 16.5. The van der Waals surface area contributed by atoms with Crippen LogP contribution in [-0.2, 0) is 20.7 Å². The zero-order valence-corrected chi connectivity index (χ0v) is 15.9. The van der Waals surface area contributed by atoms with Gasteiger partial charge in [-0.1, -0.05) is 62.9 Å². The van der Waals surface area contributed by atoms with Gasteiger partial charge in [-0.3, -0.25) is 9.59 Å². The summed E-state index contributed by atoms with van der Waals surface area (Å²) >= 11 is 0. The maximum absolute atomic E-state index is 12.1. The molecule has 0 aliphatic heterocycles. The van der Waals surface area contributed by atoms with Crippen LogP contribution in [0.1, 0.15) is 57.4 Å². The van der Waals surface area contributed by atoms with Crippen LogP contribution in [0.4, 0.5) is 0 Å². The number of hydrogen-bond donors (Lipinski definition) is 1. The fourth-order valence-corrected chi connectivity index (χ4v) is 3.61. The van der Waals surface area contributed by atoms with Crippen LogP contribution in [-0.4, -0.2) is 24.7 Å². The van der Waals surface area contributed by atoms with Crippen molar-refractivity contribution in [1.82, 2.24) is 5.43 Å². The fraction of sp³-hybridized carbons (Fsp3) is 0.571. The minimum atomic E-state index is -0.161. The number of nitrogens with one attached hydrogen (secondary N) is 1. The summed E-state index contributed by atoms with van der Waals surface area (Å²) in [5.41, 5.74) is 4.57. The van der Waals surface area contributed by atoms with E-state index in [-0.39, 0.29) is 23.7 Å². The Labute approximate surface area is 156 Å². The summed E-state index contributed by atoms with van der Waals surface area (Å²) in [5.74, 6) is -0.344.